The summed E-state index contributed by atoms with van der Waals surface area (Å²) in [6.07, 6.45) is 2.44. The second-order valence-corrected chi connectivity index (χ2v) is 5.98. The van der Waals surface area contributed by atoms with E-state index in [4.69, 9.17) is 11.6 Å². The molecule has 0 spiro atoms. The fourth-order valence-electron chi connectivity index (χ4n) is 1.84. The highest BCUT2D eigenvalue weighted by atomic mass is 35.5. The number of hydrogen-bond acceptors (Lipinski definition) is 5. The minimum absolute atomic E-state index is 0.608. The number of nitrogens with zero attached hydrogens (tertiary/aromatic N) is 3. The molecule has 0 saturated carbocycles. The number of aromatic nitrogens is 3. The zero-order chi connectivity index (χ0) is 14.5. The number of pyridine rings is 1. The third-order valence-corrected chi connectivity index (χ3v) is 3.98. The van der Waals surface area contributed by atoms with E-state index in [2.05, 4.69) is 32.6 Å². The smallest absolute Gasteiger partial charge is 0.206 e. The summed E-state index contributed by atoms with van der Waals surface area (Å²) >= 11 is 7.37. The third kappa shape index (κ3) is 4.00. The van der Waals surface area contributed by atoms with E-state index in [1.807, 2.05) is 30.3 Å². The molecule has 0 atom stereocenters. The summed E-state index contributed by atoms with van der Waals surface area (Å²) in [5.41, 5.74) is 2.15. The largest absolute Gasteiger partial charge is 0.354 e. The van der Waals surface area contributed by atoms with Crippen LogP contribution < -0.4 is 5.32 Å². The van der Waals surface area contributed by atoms with Gasteiger partial charge in [-0.3, -0.25) is 4.98 Å². The van der Waals surface area contributed by atoms with Gasteiger partial charge < -0.3 is 5.32 Å². The minimum atomic E-state index is 0.608. The second-order valence-electron chi connectivity index (χ2n) is 4.48. The van der Waals surface area contributed by atoms with E-state index in [1.54, 1.807) is 17.5 Å². The Hall–Kier alpha value is -1.98. The first kappa shape index (κ1) is 14.0. The van der Waals surface area contributed by atoms with Gasteiger partial charge in [0, 0.05) is 12.6 Å². The van der Waals surface area contributed by atoms with Crippen LogP contribution in [0.4, 0.5) is 5.13 Å². The lowest BCUT2D eigenvalue weighted by molar-refractivity contribution is 0.979. The van der Waals surface area contributed by atoms with E-state index in [0.717, 1.165) is 22.3 Å². The van der Waals surface area contributed by atoms with Crippen LogP contribution in [0.15, 0.2) is 48.7 Å². The highest BCUT2D eigenvalue weighted by Crippen LogP contribution is 2.19. The monoisotopic (exact) mass is 316 g/mol. The van der Waals surface area contributed by atoms with E-state index in [-0.39, 0.29) is 0 Å². The lowest BCUT2D eigenvalue weighted by Gasteiger charge is -2.01. The molecule has 0 saturated heterocycles. The molecule has 3 rings (SSSR count). The van der Waals surface area contributed by atoms with Gasteiger partial charge >= 0.3 is 0 Å². The quantitative estimate of drug-likeness (QED) is 0.778. The van der Waals surface area contributed by atoms with Gasteiger partial charge in [0.25, 0.3) is 0 Å². The molecule has 1 aromatic carbocycles. The molecule has 1 N–H and O–H groups in total. The van der Waals surface area contributed by atoms with Crippen molar-refractivity contribution in [2.75, 3.05) is 5.32 Å². The van der Waals surface area contributed by atoms with Crippen molar-refractivity contribution in [3.63, 3.8) is 0 Å². The molecular formula is C15H13ClN4S. The zero-order valence-corrected chi connectivity index (χ0v) is 12.7. The number of rotatable bonds is 5. The molecule has 0 fully saturated rings. The number of benzene rings is 1. The molecule has 2 heterocycles. The lowest BCUT2D eigenvalue weighted by Crippen LogP contribution is -2.00. The van der Waals surface area contributed by atoms with Gasteiger partial charge in [-0.2, -0.15) is 0 Å². The molecule has 6 heteroatoms. The second kappa shape index (κ2) is 6.65. The van der Waals surface area contributed by atoms with Gasteiger partial charge in [0.1, 0.15) is 5.01 Å². The van der Waals surface area contributed by atoms with Crippen LogP contribution in [0.3, 0.4) is 0 Å². The summed E-state index contributed by atoms with van der Waals surface area (Å²) in [6, 6.07) is 14.0. The summed E-state index contributed by atoms with van der Waals surface area (Å²) in [7, 11) is 0. The predicted molar refractivity (Wildman–Crippen MR) is 85.7 cm³/mol. The Morgan fingerprint density at radius 2 is 1.90 bits per heavy atom. The molecule has 0 unspecified atom stereocenters. The van der Waals surface area contributed by atoms with Gasteiger partial charge in [-0.05, 0) is 17.7 Å². The normalized spacial score (nSPS) is 10.5. The maximum absolute atomic E-state index is 5.81. The first-order chi connectivity index (χ1) is 10.3. The Labute approximate surface area is 131 Å². The van der Waals surface area contributed by atoms with Crippen molar-refractivity contribution in [2.45, 2.75) is 13.0 Å². The van der Waals surface area contributed by atoms with Crippen LogP contribution in [0.25, 0.3) is 0 Å². The molecule has 106 valence electrons. The van der Waals surface area contributed by atoms with Crippen LogP contribution in [-0.2, 0) is 13.0 Å². The number of anilines is 1. The van der Waals surface area contributed by atoms with E-state index in [1.165, 1.54) is 5.56 Å². The standard InChI is InChI=1S/C15H13ClN4S/c16-12-6-7-13(17-9-12)10-18-15-20-19-14(21-15)8-11-4-2-1-3-5-11/h1-7,9H,8,10H2,(H,18,20). The maximum atomic E-state index is 5.81. The fourth-order valence-corrected chi connectivity index (χ4v) is 2.73. The Kier molecular flexibility index (Phi) is 4.43. The van der Waals surface area contributed by atoms with Crippen molar-refractivity contribution in [3.05, 3.63) is 69.9 Å². The molecule has 0 amide bonds. The Morgan fingerprint density at radius 3 is 2.67 bits per heavy atom. The minimum Gasteiger partial charge on any atom is -0.354 e. The first-order valence-electron chi connectivity index (χ1n) is 6.50. The van der Waals surface area contributed by atoms with Crippen LogP contribution >= 0.6 is 22.9 Å². The Bertz CT molecular complexity index is 697. The molecule has 21 heavy (non-hydrogen) atoms. The SMILES string of the molecule is Clc1ccc(CNc2nnc(Cc3ccccc3)s2)nc1. The van der Waals surface area contributed by atoms with Crippen LogP contribution in [0.5, 0.6) is 0 Å². The van der Waals surface area contributed by atoms with Crippen molar-refractivity contribution in [1.29, 1.82) is 0 Å². The molecule has 3 aromatic rings. The van der Waals surface area contributed by atoms with E-state index in [0.29, 0.717) is 11.6 Å². The van der Waals surface area contributed by atoms with Gasteiger partial charge in [0.05, 0.1) is 17.3 Å². The van der Waals surface area contributed by atoms with Crippen LogP contribution in [-0.4, -0.2) is 15.2 Å². The Morgan fingerprint density at radius 1 is 1.05 bits per heavy atom. The molecule has 0 bridgehead atoms. The molecule has 2 aromatic heterocycles. The van der Waals surface area contributed by atoms with E-state index in [9.17, 15) is 0 Å². The molecule has 0 aliphatic carbocycles. The zero-order valence-electron chi connectivity index (χ0n) is 11.2. The lowest BCUT2D eigenvalue weighted by atomic mass is 10.2. The van der Waals surface area contributed by atoms with Crippen molar-refractivity contribution in [1.82, 2.24) is 15.2 Å². The summed E-state index contributed by atoms with van der Waals surface area (Å²) in [6.45, 7) is 0.608. The van der Waals surface area contributed by atoms with Crippen molar-refractivity contribution >= 4 is 28.1 Å². The van der Waals surface area contributed by atoms with Gasteiger partial charge in [-0.25, -0.2) is 0 Å². The summed E-state index contributed by atoms with van der Waals surface area (Å²) in [5.74, 6) is 0. The van der Waals surface area contributed by atoms with Crippen LogP contribution in [0.2, 0.25) is 5.02 Å². The predicted octanol–water partition coefficient (Wildman–Crippen LogP) is 3.79. The topological polar surface area (TPSA) is 50.7 Å². The van der Waals surface area contributed by atoms with Gasteiger partial charge in [-0.1, -0.05) is 53.3 Å². The fraction of sp³-hybridized carbons (Fsp3) is 0.133. The molecule has 4 nitrogen and oxygen atoms in total. The van der Waals surface area contributed by atoms with Crippen molar-refractivity contribution in [2.24, 2.45) is 0 Å². The highest BCUT2D eigenvalue weighted by Gasteiger charge is 2.05. The average molecular weight is 317 g/mol. The molecule has 0 radical (unpaired) electrons. The molecule has 0 aliphatic heterocycles. The van der Waals surface area contributed by atoms with Gasteiger partial charge in [-0.15, -0.1) is 10.2 Å². The van der Waals surface area contributed by atoms with Gasteiger partial charge in [0.15, 0.2) is 0 Å². The third-order valence-electron chi connectivity index (χ3n) is 2.87. The van der Waals surface area contributed by atoms with E-state index >= 15 is 0 Å². The molecular weight excluding hydrogens is 304 g/mol. The Balaban J connectivity index is 1.59. The summed E-state index contributed by atoms with van der Waals surface area (Å²) < 4.78 is 0. The van der Waals surface area contributed by atoms with Gasteiger partial charge in [0.2, 0.25) is 5.13 Å². The number of hydrogen-bond donors (Lipinski definition) is 1. The van der Waals surface area contributed by atoms with Crippen LogP contribution in [0, 0.1) is 0 Å². The average Bonchev–Trinajstić information content (AvgIpc) is 2.95. The van der Waals surface area contributed by atoms with Crippen molar-refractivity contribution in [3.8, 4) is 0 Å². The summed E-state index contributed by atoms with van der Waals surface area (Å²) in [5, 5.41) is 14.0. The molecule has 0 aliphatic rings. The number of halogens is 1. The number of nitrogens with one attached hydrogen (secondary N) is 1. The van der Waals surface area contributed by atoms with E-state index < -0.39 is 0 Å². The first-order valence-corrected chi connectivity index (χ1v) is 7.69. The maximum Gasteiger partial charge on any atom is 0.206 e. The van der Waals surface area contributed by atoms with Crippen LogP contribution in [0.1, 0.15) is 16.3 Å². The highest BCUT2D eigenvalue weighted by molar-refractivity contribution is 7.15. The summed E-state index contributed by atoms with van der Waals surface area (Å²) in [4.78, 5) is 4.23. The van der Waals surface area contributed by atoms with Crippen molar-refractivity contribution < 1.29 is 0 Å².